The van der Waals surface area contributed by atoms with Crippen LogP contribution >= 0.6 is 0 Å². The molecule has 1 amide bonds. The van der Waals surface area contributed by atoms with Crippen molar-refractivity contribution in [3.05, 3.63) is 10.4 Å². The van der Waals surface area contributed by atoms with Crippen molar-refractivity contribution in [2.45, 2.75) is 0 Å². The van der Waals surface area contributed by atoms with Gasteiger partial charge in [-0.05, 0) is 5.53 Å². The van der Waals surface area contributed by atoms with Gasteiger partial charge in [0.15, 0.2) is 6.73 Å². The van der Waals surface area contributed by atoms with Gasteiger partial charge in [0, 0.05) is 19.0 Å². The van der Waals surface area contributed by atoms with Gasteiger partial charge in [0.05, 0.1) is 0 Å². The summed E-state index contributed by atoms with van der Waals surface area (Å²) in [4.78, 5) is 14.2. The maximum Gasteiger partial charge on any atom is 0.409 e. The molecule has 0 aromatic heterocycles. The summed E-state index contributed by atoms with van der Waals surface area (Å²) < 4.78 is 4.41. The summed E-state index contributed by atoms with van der Waals surface area (Å²) in [6.45, 7) is -0.256. The molecule has 0 N–H and O–H groups in total. The Balaban J connectivity index is 3.49. The summed E-state index contributed by atoms with van der Waals surface area (Å²) in [6, 6.07) is 0. The number of carbonyl (C=O) groups excluding carboxylic acids is 1. The van der Waals surface area contributed by atoms with Crippen molar-refractivity contribution in [3.63, 3.8) is 0 Å². The Kier molecular flexibility index (Phi) is 3.83. The first-order valence-electron chi connectivity index (χ1n) is 2.53. The van der Waals surface area contributed by atoms with E-state index < -0.39 is 6.09 Å². The lowest BCUT2D eigenvalue weighted by Gasteiger charge is -2.07. The van der Waals surface area contributed by atoms with E-state index in [1.807, 2.05) is 0 Å². The average Bonchev–Trinajstić information content (AvgIpc) is 1.88. The minimum Gasteiger partial charge on any atom is -0.443 e. The number of hydrogen-bond donors (Lipinski definition) is 0. The highest BCUT2D eigenvalue weighted by Gasteiger charge is 2.01. The normalized spacial score (nSPS) is 7.80. The number of amides is 1. The number of nitrogens with zero attached hydrogens (tertiary/aromatic N) is 4. The first-order chi connectivity index (χ1) is 4.68. The molecule has 6 nitrogen and oxygen atoms in total. The molecule has 0 unspecified atom stereocenters. The van der Waals surface area contributed by atoms with Crippen LogP contribution in [0, 0.1) is 0 Å². The second-order valence-corrected chi connectivity index (χ2v) is 1.66. The Morgan fingerprint density at radius 2 is 2.40 bits per heavy atom. The van der Waals surface area contributed by atoms with Gasteiger partial charge in [0.25, 0.3) is 0 Å². The molecule has 0 aliphatic heterocycles. The van der Waals surface area contributed by atoms with Crippen molar-refractivity contribution in [2.75, 3.05) is 20.8 Å². The lowest BCUT2D eigenvalue weighted by molar-refractivity contribution is 0.121. The van der Waals surface area contributed by atoms with Crippen molar-refractivity contribution >= 4 is 6.09 Å². The number of azide groups is 1. The molecule has 0 saturated carbocycles. The quantitative estimate of drug-likeness (QED) is 0.328. The van der Waals surface area contributed by atoms with Crippen molar-refractivity contribution in [1.82, 2.24) is 4.90 Å². The number of carbonyl (C=O) groups is 1. The highest BCUT2D eigenvalue weighted by atomic mass is 16.6. The molecule has 0 bridgehead atoms. The van der Waals surface area contributed by atoms with Crippen LogP contribution in [0.2, 0.25) is 0 Å². The van der Waals surface area contributed by atoms with E-state index >= 15 is 0 Å². The van der Waals surface area contributed by atoms with E-state index in [4.69, 9.17) is 5.53 Å². The van der Waals surface area contributed by atoms with E-state index in [0.717, 1.165) is 0 Å². The van der Waals surface area contributed by atoms with E-state index in [9.17, 15) is 4.79 Å². The van der Waals surface area contributed by atoms with E-state index in [1.165, 1.54) is 4.90 Å². The Morgan fingerprint density at radius 3 is 2.80 bits per heavy atom. The van der Waals surface area contributed by atoms with Gasteiger partial charge in [-0.3, -0.25) is 0 Å². The molecule has 0 spiro atoms. The lowest BCUT2D eigenvalue weighted by Crippen LogP contribution is -2.22. The third-order valence-electron chi connectivity index (χ3n) is 0.674. The number of rotatable bonds is 2. The summed E-state index contributed by atoms with van der Waals surface area (Å²) in [7, 11) is 3.08. The van der Waals surface area contributed by atoms with Crippen LogP contribution in [-0.4, -0.2) is 31.8 Å². The monoisotopic (exact) mass is 144 g/mol. The second-order valence-electron chi connectivity index (χ2n) is 1.66. The van der Waals surface area contributed by atoms with Gasteiger partial charge < -0.3 is 9.64 Å². The fourth-order valence-corrected chi connectivity index (χ4v) is 0.239. The van der Waals surface area contributed by atoms with Crippen LogP contribution in [0.15, 0.2) is 5.11 Å². The van der Waals surface area contributed by atoms with Crippen LogP contribution in [0.1, 0.15) is 0 Å². The minimum absolute atomic E-state index is 0.256. The number of hydrogen-bond acceptors (Lipinski definition) is 3. The van der Waals surface area contributed by atoms with Crippen molar-refractivity contribution in [1.29, 1.82) is 0 Å². The predicted octanol–water partition coefficient (Wildman–Crippen LogP) is 0.952. The zero-order valence-electron chi connectivity index (χ0n) is 5.81. The second kappa shape index (κ2) is 4.46. The summed E-state index contributed by atoms with van der Waals surface area (Å²) in [6.07, 6.45) is -0.521. The summed E-state index contributed by atoms with van der Waals surface area (Å²) in [5, 5.41) is 3.00. The molecule has 6 heteroatoms. The largest absolute Gasteiger partial charge is 0.443 e. The van der Waals surface area contributed by atoms with Gasteiger partial charge in [0.1, 0.15) is 0 Å². The van der Waals surface area contributed by atoms with Crippen molar-refractivity contribution < 1.29 is 9.53 Å². The van der Waals surface area contributed by atoms with E-state index in [-0.39, 0.29) is 6.73 Å². The Bertz CT molecular complexity index is 161. The van der Waals surface area contributed by atoms with Gasteiger partial charge >= 0.3 is 6.09 Å². The van der Waals surface area contributed by atoms with Crippen LogP contribution in [0.3, 0.4) is 0 Å². The van der Waals surface area contributed by atoms with Gasteiger partial charge in [-0.15, -0.1) is 0 Å². The zero-order valence-corrected chi connectivity index (χ0v) is 5.81. The Morgan fingerprint density at radius 1 is 1.80 bits per heavy atom. The summed E-state index contributed by atoms with van der Waals surface area (Å²) in [5.74, 6) is 0. The first kappa shape index (κ1) is 8.58. The lowest BCUT2D eigenvalue weighted by atomic mass is 10.9. The maximum atomic E-state index is 10.5. The molecule has 0 radical (unpaired) electrons. The Hall–Kier alpha value is -1.42. The smallest absolute Gasteiger partial charge is 0.409 e. The average molecular weight is 144 g/mol. The van der Waals surface area contributed by atoms with E-state index in [0.29, 0.717) is 0 Å². The summed E-state index contributed by atoms with van der Waals surface area (Å²) >= 11 is 0. The zero-order chi connectivity index (χ0) is 7.98. The van der Waals surface area contributed by atoms with Gasteiger partial charge in [-0.25, -0.2) is 4.79 Å². The third kappa shape index (κ3) is 3.57. The molecule has 0 saturated heterocycles. The highest BCUT2D eigenvalue weighted by molar-refractivity contribution is 5.66. The third-order valence-corrected chi connectivity index (χ3v) is 0.674. The van der Waals surface area contributed by atoms with E-state index in [2.05, 4.69) is 14.8 Å². The fraction of sp³-hybridized carbons (Fsp3) is 0.750. The van der Waals surface area contributed by atoms with Gasteiger partial charge in [-0.1, -0.05) is 5.11 Å². The topological polar surface area (TPSA) is 78.3 Å². The first-order valence-corrected chi connectivity index (χ1v) is 2.53. The van der Waals surface area contributed by atoms with Crippen LogP contribution < -0.4 is 0 Å². The van der Waals surface area contributed by atoms with Crippen molar-refractivity contribution in [2.24, 2.45) is 5.11 Å². The van der Waals surface area contributed by atoms with Gasteiger partial charge in [-0.2, -0.15) is 0 Å². The molecule has 56 valence electrons. The molecule has 0 aliphatic carbocycles. The minimum atomic E-state index is -0.521. The number of ether oxygens (including phenoxy) is 1. The van der Waals surface area contributed by atoms with Crippen LogP contribution in [-0.2, 0) is 4.74 Å². The molecule has 0 fully saturated rings. The maximum absolute atomic E-state index is 10.5. The molecular weight excluding hydrogens is 136 g/mol. The molecule has 0 aliphatic rings. The van der Waals surface area contributed by atoms with Crippen LogP contribution in [0.25, 0.3) is 10.4 Å². The predicted molar refractivity (Wildman–Crippen MR) is 34.2 cm³/mol. The highest BCUT2D eigenvalue weighted by Crippen LogP contribution is 1.85. The standard InChI is InChI=1S/C4H8N4O2/c1-8(2)4(9)10-3-6-7-5/h3H2,1-2H3. The van der Waals surface area contributed by atoms with Crippen LogP contribution in [0.5, 0.6) is 0 Å². The SMILES string of the molecule is CN(C)C(=O)OCN=[N+]=[N-]. The molecule has 10 heavy (non-hydrogen) atoms. The molecule has 0 rings (SSSR count). The molecule has 0 atom stereocenters. The molecular formula is C4H8N4O2. The van der Waals surface area contributed by atoms with Gasteiger partial charge in [0.2, 0.25) is 0 Å². The van der Waals surface area contributed by atoms with E-state index in [1.54, 1.807) is 14.1 Å². The Labute approximate surface area is 58.0 Å². The van der Waals surface area contributed by atoms with Crippen LogP contribution in [0.4, 0.5) is 4.79 Å². The fourth-order valence-electron chi connectivity index (χ4n) is 0.239. The molecule has 0 aromatic carbocycles. The summed E-state index contributed by atoms with van der Waals surface area (Å²) in [5.41, 5.74) is 7.77. The molecule has 0 aromatic rings. The van der Waals surface area contributed by atoms with Crippen molar-refractivity contribution in [3.8, 4) is 0 Å². The molecule has 0 heterocycles.